The Morgan fingerprint density at radius 2 is 1.21 bits per heavy atom. The highest BCUT2D eigenvalue weighted by atomic mass is 35.5. The van der Waals surface area contributed by atoms with E-state index >= 15 is 0 Å². The number of carboxylic acid groups (broad SMARTS) is 1. The van der Waals surface area contributed by atoms with Crippen molar-refractivity contribution in [3.63, 3.8) is 0 Å². The second-order valence-electron chi connectivity index (χ2n) is 15.2. The number of likely N-dealkylation sites (tertiary alicyclic amines) is 2. The summed E-state index contributed by atoms with van der Waals surface area (Å²) in [5.74, 6) is 1.39. The van der Waals surface area contributed by atoms with E-state index in [1.165, 1.54) is 0 Å². The molecular formula is C45H42ClN7O4. The van der Waals surface area contributed by atoms with E-state index in [1.807, 2.05) is 41.4 Å². The number of aromatic nitrogens is 4. The minimum Gasteiger partial charge on any atom is -0.465 e. The zero-order valence-corrected chi connectivity index (χ0v) is 32.0. The minimum atomic E-state index is -1.25. The lowest BCUT2D eigenvalue weighted by Gasteiger charge is -2.28. The van der Waals surface area contributed by atoms with Gasteiger partial charge in [-0.25, -0.2) is 14.8 Å². The summed E-state index contributed by atoms with van der Waals surface area (Å²) in [5, 5.41) is 12.6. The molecular weight excluding hydrogens is 738 g/mol. The summed E-state index contributed by atoms with van der Waals surface area (Å²) in [4.78, 5) is 59.4. The fourth-order valence-corrected chi connectivity index (χ4v) is 8.74. The number of rotatable bonds is 10. The number of hydrogen-bond acceptors (Lipinski definition) is 5. The minimum absolute atomic E-state index is 0.0764. The van der Waals surface area contributed by atoms with Crippen molar-refractivity contribution in [3.8, 4) is 33.6 Å². The maximum atomic E-state index is 13.9. The van der Waals surface area contributed by atoms with E-state index in [4.69, 9.17) is 16.6 Å². The zero-order valence-electron chi connectivity index (χ0n) is 31.2. The number of hydrogen-bond donors (Lipinski definition) is 4. The molecule has 3 aliphatic rings. The summed E-state index contributed by atoms with van der Waals surface area (Å²) in [5.41, 5.74) is 7.06. The van der Waals surface area contributed by atoms with Gasteiger partial charge in [-0.05, 0) is 84.0 Å². The average Bonchev–Trinajstić information content (AvgIpc) is 3.78. The first-order chi connectivity index (χ1) is 27.8. The Kier molecular flexibility index (Phi) is 9.61. The second kappa shape index (κ2) is 15.0. The number of imidazole rings is 2. The van der Waals surface area contributed by atoms with Crippen molar-refractivity contribution < 1.29 is 19.5 Å². The molecule has 3 atom stereocenters. The van der Waals surface area contributed by atoms with Crippen LogP contribution in [-0.2, 0) is 15.0 Å². The molecule has 2 aromatic heterocycles. The van der Waals surface area contributed by atoms with Crippen LogP contribution in [0.15, 0.2) is 116 Å². The molecule has 9 rings (SSSR count). The van der Waals surface area contributed by atoms with Gasteiger partial charge in [-0.15, -0.1) is 0 Å². The quantitative estimate of drug-likeness (QED) is 0.109. The van der Waals surface area contributed by atoms with Crippen LogP contribution in [0.1, 0.15) is 79.4 Å². The van der Waals surface area contributed by atoms with Crippen LogP contribution >= 0.6 is 11.6 Å². The maximum Gasteiger partial charge on any atom is 0.405 e. The Morgan fingerprint density at radius 1 is 0.702 bits per heavy atom. The molecule has 4 heterocycles. The van der Waals surface area contributed by atoms with Crippen LogP contribution in [0.4, 0.5) is 4.79 Å². The van der Waals surface area contributed by atoms with E-state index in [-0.39, 0.29) is 23.9 Å². The fourth-order valence-electron chi connectivity index (χ4n) is 8.62. The predicted molar refractivity (Wildman–Crippen MR) is 217 cm³/mol. The predicted octanol–water partition coefficient (Wildman–Crippen LogP) is 8.85. The third-order valence-corrected chi connectivity index (χ3v) is 12.1. The molecule has 11 nitrogen and oxygen atoms in total. The first kappa shape index (κ1) is 36.4. The Balaban J connectivity index is 0.859. The van der Waals surface area contributed by atoms with Crippen molar-refractivity contribution in [1.29, 1.82) is 0 Å². The molecule has 0 unspecified atom stereocenters. The highest BCUT2D eigenvalue weighted by Gasteiger charge is 2.54. The largest absolute Gasteiger partial charge is 0.465 e. The molecule has 3 fully saturated rings. The summed E-state index contributed by atoms with van der Waals surface area (Å²) in [7, 11) is 0. The molecule has 0 bridgehead atoms. The second-order valence-corrected chi connectivity index (χ2v) is 15.7. The molecule has 12 heteroatoms. The number of benzene rings is 4. The summed E-state index contributed by atoms with van der Waals surface area (Å²) in [6.45, 7) is 1.25. The van der Waals surface area contributed by atoms with Gasteiger partial charge >= 0.3 is 6.09 Å². The third kappa shape index (κ3) is 7.08. The van der Waals surface area contributed by atoms with E-state index in [2.05, 4.69) is 68.8 Å². The molecule has 1 saturated carbocycles. The number of amides is 3. The first-order valence-corrected chi connectivity index (χ1v) is 19.9. The fraction of sp³-hybridized carbons (Fsp3) is 0.267. The number of H-pyrrole nitrogens is 2. The van der Waals surface area contributed by atoms with Crippen LogP contribution in [0, 0.1) is 0 Å². The lowest BCUT2D eigenvalue weighted by molar-refractivity contribution is -0.135. The molecule has 4 N–H and O–H groups in total. The van der Waals surface area contributed by atoms with Crippen molar-refractivity contribution in [2.75, 3.05) is 13.1 Å². The van der Waals surface area contributed by atoms with Gasteiger partial charge in [-0.1, -0.05) is 103 Å². The highest BCUT2D eigenvalue weighted by Crippen LogP contribution is 2.51. The summed E-state index contributed by atoms with van der Waals surface area (Å²) < 4.78 is 0. The van der Waals surface area contributed by atoms with E-state index in [1.54, 1.807) is 35.4 Å². The number of nitrogens with one attached hydrogen (secondary N) is 3. The third-order valence-electron chi connectivity index (χ3n) is 11.8. The van der Waals surface area contributed by atoms with Gasteiger partial charge in [0.2, 0.25) is 5.91 Å². The summed E-state index contributed by atoms with van der Waals surface area (Å²) in [6, 6.07) is 31.9. The molecule has 4 aromatic carbocycles. The van der Waals surface area contributed by atoms with Crippen LogP contribution in [-0.4, -0.2) is 65.8 Å². The van der Waals surface area contributed by atoms with Gasteiger partial charge in [0.05, 0.1) is 41.3 Å². The van der Waals surface area contributed by atoms with Crippen molar-refractivity contribution in [2.24, 2.45) is 0 Å². The Labute approximate surface area is 335 Å². The molecule has 1 aliphatic carbocycles. The van der Waals surface area contributed by atoms with Gasteiger partial charge in [-0.2, -0.15) is 0 Å². The summed E-state index contributed by atoms with van der Waals surface area (Å²) in [6.07, 6.45) is 7.46. The van der Waals surface area contributed by atoms with Gasteiger partial charge in [0, 0.05) is 18.1 Å². The lowest BCUT2D eigenvalue weighted by atomic mass is 9.94. The average molecular weight is 780 g/mol. The molecule has 3 amide bonds. The number of carbonyl (C=O) groups is 3. The van der Waals surface area contributed by atoms with E-state index in [9.17, 15) is 19.5 Å². The van der Waals surface area contributed by atoms with Gasteiger partial charge < -0.3 is 30.2 Å². The normalized spacial score (nSPS) is 19.0. The zero-order chi connectivity index (χ0) is 39.1. The van der Waals surface area contributed by atoms with Gasteiger partial charge in [0.15, 0.2) is 0 Å². The number of halogens is 1. The molecule has 57 heavy (non-hydrogen) atoms. The smallest absolute Gasteiger partial charge is 0.405 e. The Morgan fingerprint density at radius 3 is 1.74 bits per heavy atom. The molecule has 2 saturated heterocycles. The van der Waals surface area contributed by atoms with E-state index < -0.39 is 17.6 Å². The molecule has 2 aliphatic heterocycles. The lowest BCUT2D eigenvalue weighted by Crippen LogP contribution is -2.42. The van der Waals surface area contributed by atoms with Gasteiger partial charge in [-0.3, -0.25) is 9.59 Å². The van der Waals surface area contributed by atoms with Crippen LogP contribution in [0.25, 0.3) is 33.6 Å². The highest BCUT2D eigenvalue weighted by molar-refractivity contribution is 6.30. The Hall–Kier alpha value is -6.20. The maximum absolute atomic E-state index is 13.9. The molecule has 0 spiro atoms. The van der Waals surface area contributed by atoms with Crippen molar-refractivity contribution in [2.45, 2.75) is 62.1 Å². The molecule has 6 aromatic rings. The van der Waals surface area contributed by atoms with Crippen molar-refractivity contribution in [1.82, 2.24) is 35.1 Å². The topological polar surface area (TPSA) is 147 Å². The standard InChI is InChI=1S/C45H42ClN7O4/c46-34-20-18-33(19-21-34)45(22-23-45)43(55)53-25-5-9-38(53)41-48-27-36(50-41)31-16-12-29(13-17-31)28-10-14-30(15-11-28)35-26-47-40(49-35)37-8-4-24-52(37)42(54)39(51-44(56)57)32-6-2-1-3-7-32/h1-3,6-7,10-21,26-27,37-39,51H,4-5,8-9,22-25H2,(H,47,49)(H,48,50)(H,56,57)/t37-,38-,39+/m0/s1. The van der Waals surface area contributed by atoms with Crippen LogP contribution < -0.4 is 5.32 Å². The monoisotopic (exact) mass is 779 g/mol. The van der Waals surface area contributed by atoms with Crippen LogP contribution in [0.3, 0.4) is 0 Å². The summed E-state index contributed by atoms with van der Waals surface area (Å²) >= 11 is 6.14. The van der Waals surface area contributed by atoms with Crippen LogP contribution in [0.2, 0.25) is 5.02 Å². The molecule has 0 radical (unpaired) electrons. The number of carbonyl (C=O) groups excluding carboxylic acids is 2. The number of aromatic amines is 2. The SMILES string of the molecule is O=C(O)N[C@@H](C(=O)N1CCC[C@H]1c1ncc(-c2ccc(-c3ccc(-c4cnc([C@@H]5CCCN5C(=O)C5(c6ccc(Cl)cc6)CC5)[nH]4)cc3)cc2)[nH]1)c1ccccc1. The number of nitrogens with zero attached hydrogens (tertiary/aromatic N) is 4. The van der Waals surface area contributed by atoms with Gasteiger partial charge in [0.25, 0.3) is 5.91 Å². The van der Waals surface area contributed by atoms with Crippen LogP contribution in [0.5, 0.6) is 0 Å². The van der Waals surface area contributed by atoms with E-state index in [0.717, 1.165) is 90.1 Å². The van der Waals surface area contributed by atoms with Crippen molar-refractivity contribution in [3.05, 3.63) is 143 Å². The molecule has 288 valence electrons. The first-order valence-electron chi connectivity index (χ1n) is 19.5. The van der Waals surface area contributed by atoms with Crippen molar-refractivity contribution >= 4 is 29.5 Å². The van der Waals surface area contributed by atoms with Gasteiger partial charge in [0.1, 0.15) is 17.7 Å². The van der Waals surface area contributed by atoms with E-state index in [0.29, 0.717) is 23.0 Å². The Bertz CT molecular complexity index is 2410.